The van der Waals surface area contributed by atoms with Crippen molar-refractivity contribution in [2.45, 2.75) is 234 Å². The van der Waals surface area contributed by atoms with Crippen LogP contribution in [0.1, 0.15) is 170 Å². The molecule has 4 saturated carbocycles. The quantitative estimate of drug-likeness (QED) is 0.0908. The van der Waals surface area contributed by atoms with Gasteiger partial charge >= 0.3 is 36.3 Å². The van der Waals surface area contributed by atoms with E-state index in [1.54, 1.807) is 16.7 Å². The molecule has 2 aromatic carbocycles. The number of esters is 1. The van der Waals surface area contributed by atoms with Crippen LogP contribution in [0.2, 0.25) is 0 Å². The number of allylic oxidation sites excluding steroid dienone is 2. The number of alkyl carbamates (subject to hydrolysis) is 2. The molecular weight excluding hydrogens is 1210 g/mol. The number of amides is 8. The lowest BCUT2D eigenvalue weighted by molar-refractivity contribution is -0.150. The maximum Gasteiger partial charge on any atom is 0.410 e. The van der Waals surface area contributed by atoms with Crippen molar-refractivity contribution in [1.29, 1.82) is 0 Å². The molecule has 6 fully saturated rings. The molecule has 24 nitrogen and oxygen atoms in total. The highest BCUT2D eigenvalue weighted by Crippen LogP contribution is 2.47. The van der Waals surface area contributed by atoms with Gasteiger partial charge in [0.1, 0.15) is 59.7 Å². The van der Waals surface area contributed by atoms with Crippen molar-refractivity contribution < 1.29 is 76.7 Å². The van der Waals surface area contributed by atoms with Gasteiger partial charge in [-0.05, 0) is 145 Å². The third-order valence-corrected chi connectivity index (χ3v) is 20.5. The second kappa shape index (κ2) is 30.5. The number of carboxylic acid groups (broad SMARTS) is 1. The minimum Gasteiger partial charge on any atom is -0.479 e. The number of benzene rings is 2. The fourth-order valence-corrected chi connectivity index (χ4v) is 14.9. The smallest absolute Gasteiger partial charge is 0.410 e. The number of carboxylic acids is 1. The third-order valence-electron chi connectivity index (χ3n) is 20.5. The first-order valence-electron chi connectivity index (χ1n) is 34.5. The predicted molar refractivity (Wildman–Crippen MR) is 340 cm³/mol. The molecule has 6 aliphatic heterocycles. The molecule has 0 aromatic heterocycles. The van der Waals surface area contributed by atoms with Crippen molar-refractivity contribution >= 4 is 59.9 Å². The molecule has 2 saturated heterocycles. The summed E-state index contributed by atoms with van der Waals surface area (Å²) in [6, 6.07) is 11.9. The van der Waals surface area contributed by atoms with Crippen LogP contribution in [0.3, 0.4) is 0 Å². The van der Waals surface area contributed by atoms with Gasteiger partial charge in [-0.15, -0.1) is 0 Å². The van der Waals surface area contributed by atoms with Crippen LogP contribution in [0.4, 0.5) is 19.2 Å². The highest BCUT2D eigenvalue weighted by atomic mass is 16.6. The summed E-state index contributed by atoms with van der Waals surface area (Å²) in [4.78, 5) is 140. The number of rotatable bonds is 9. The topological polar surface area (TPSA) is 298 Å². The first-order chi connectivity index (χ1) is 45.5. The van der Waals surface area contributed by atoms with Crippen LogP contribution in [0.5, 0.6) is 0 Å². The van der Waals surface area contributed by atoms with Gasteiger partial charge in [-0.25, -0.2) is 28.8 Å². The van der Waals surface area contributed by atoms with Crippen LogP contribution in [0.15, 0.2) is 72.8 Å². The average Bonchev–Trinajstić information content (AvgIpc) is 1.59. The zero-order valence-corrected chi connectivity index (χ0v) is 54.0. The monoisotopic (exact) mass is 1300 g/mol. The molecule has 508 valence electrons. The third kappa shape index (κ3) is 16.1. The van der Waals surface area contributed by atoms with Crippen molar-refractivity contribution in [3.8, 4) is 0 Å². The second-order valence-corrected chi connectivity index (χ2v) is 27.1. The van der Waals surface area contributed by atoms with Crippen LogP contribution >= 0.6 is 0 Å². The Balaban J connectivity index is 0.000000192. The fraction of sp³-hybridized carbons (Fsp3) is 0.629. The highest BCUT2D eigenvalue weighted by Gasteiger charge is 2.63. The van der Waals surface area contributed by atoms with Crippen molar-refractivity contribution in [3.63, 3.8) is 0 Å². The van der Waals surface area contributed by atoms with E-state index in [1.165, 1.54) is 20.9 Å². The number of fused-ring (bicyclic) bond motifs is 6. The molecule has 4 aliphatic carbocycles. The minimum absolute atomic E-state index is 0.0152. The van der Waals surface area contributed by atoms with E-state index in [2.05, 4.69) is 27.3 Å². The van der Waals surface area contributed by atoms with E-state index in [0.717, 1.165) is 101 Å². The molecule has 12 rings (SSSR count). The van der Waals surface area contributed by atoms with Crippen LogP contribution in [0, 0.1) is 11.8 Å². The number of nitrogens with zero attached hydrogens (tertiary/aromatic N) is 4. The largest absolute Gasteiger partial charge is 0.479 e. The van der Waals surface area contributed by atoms with Gasteiger partial charge in [-0.1, -0.05) is 98.5 Å². The molecule has 0 unspecified atom stereocenters. The summed E-state index contributed by atoms with van der Waals surface area (Å²) in [6.45, 7) is 3.63. The average molecular weight is 1300 g/mol. The lowest BCUT2D eigenvalue weighted by atomic mass is 10.0. The Morgan fingerprint density at radius 3 is 1.39 bits per heavy atom. The van der Waals surface area contributed by atoms with E-state index in [9.17, 15) is 53.1 Å². The molecule has 2 aromatic rings. The summed E-state index contributed by atoms with van der Waals surface area (Å²) >= 11 is 0. The number of aliphatic carboxylic acids is 1. The van der Waals surface area contributed by atoms with Gasteiger partial charge in [0.2, 0.25) is 23.6 Å². The molecule has 94 heavy (non-hydrogen) atoms. The van der Waals surface area contributed by atoms with E-state index in [1.807, 2.05) is 66.8 Å². The Labute approximate surface area is 548 Å². The fourth-order valence-electron chi connectivity index (χ4n) is 14.9. The summed E-state index contributed by atoms with van der Waals surface area (Å²) < 4.78 is 28.5. The van der Waals surface area contributed by atoms with Gasteiger partial charge in [0.15, 0.2) is 0 Å². The van der Waals surface area contributed by atoms with Crippen LogP contribution in [-0.4, -0.2) is 177 Å². The number of nitrogens with one attached hydrogen (secondary N) is 4. The Hall–Kier alpha value is -8.18. The summed E-state index contributed by atoms with van der Waals surface area (Å²) in [6.07, 6.45) is 19.9. The standard InChI is InChI=1S/C36H48N4O8.C34H44N4O8/c1-2-46-33(43)36-21-26(36)14-6-4-3-5-7-17-29(37-34(44)47-27-15-10-11-16-27)32(42)40-23-28(20-30(40)31(41)38-36)48-35(45)39-19-18-24-12-8-9-13-25(24)22-39;39-29-28-18-26(46-33(44)37-17-16-22-10-6-7-11-23(22)20-37)21-38(28)30(40)27(35-32(43)45-25-13-8-9-14-25)15-5-3-1-2-4-12-24-19-34(24,36-29)31(41)42/h6,8-9,12-14,26-30H,2-5,7,10-11,15-23H2,1H3,(H,37,44)(H,38,41);4,6-7,10-12,24-28H,1-3,5,8-9,13-21H2,(H,35,43)(H,36,39)(H,41,42)/b14-6-;12-4-/t26-,28-,29+,30+,36-;24-,26-,27+,28+,34-/m11/s1. The van der Waals surface area contributed by atoms with Gasteiger partial charge in [0.05, 0.1) is 19.7 Å². The van der Waals surface area contributed by atoms with Gasteiger partial charge in [0.25, 0.3) is 0 Å². The number of carbonyl (C=O) groups is 10. The van der Waals surface area contributed by atoms with E-state index >= 15 is 0 Å². The molecule has 6 heterocycles. The van der Waals surface area contributed by atoms with Gasteiger partial charge in [-0.2, -0.15) is 0 Å². The number of hydrogen-bond acceptors (Lipinski definition) is 15. The summed E-state index contributed by atoms with van der Waals surface area (Å²) in [5.74, 6) is -4.23. The van der Waals surface area contributed by atoms with Crippen molar-refractivity contribution in [2.24, 2.45) is 11.8 Å². The van der Waals surface area contributed by atoms with Crippen LogP contribution in [-0.2, 0) is 78.4 Å². The van der Waals surface area contributed by atoms with E-state index in [4.69, 9.17) is 23.7 Å². The lowest BCUT2D eigenvalue weighted by Gasteiger charge is -2.30. The normalized spacial score (nSPS) is 30.4. The molecule has 10 aliphatic rings. The number of carbonyl (C=O) groups excluding carboxylic acids is 9. The van der Waals surface area contributed by atoms with Crippen molar-refractivity contribution in [3.05, 3.63) is 95.1 Å². The first kappa shape index (κ1) is 67.2. The maximum absolute atomic E-state index is 14.3. The number of ether oxygens (including phenoxy) is 5. The highest BCUT2D eigenvalue weighted by molar-refractivity contribution is 5.98. The number of hydrogen-bond donors (Lipinski definition) is 5. The molecule has 0 spiro atoms. The molecule has 5 N–H and O–H groups in total. The Bertz CT molecular complexity index is 3200. The minimum atomic E-state index is -1.44. The molecule has 0 bridgehead atoms. The zero-order chi connectivity index (χ0) is 65.9. The Morgan fingerprint density at radius 1 is 0.532 bits per heavy atom. The van der Waals surface area contributed by atoms with E-state index in [0.29, 0.717) is 71.1 Å². The van der Waals surface area contributed by atoms with Gasteiger partial charge < -0.3 is 69.7 Å². The predicted octanol–water partition coefficient (Wildman–Crippen LogP) is 7.81. The summed E-state index contributed by atoms with van der Waals surface area (Å²) in [5.41, 5.74) is 1.84. The van der Waals surface area contributed by atoms with Crippen LogP contribution in [0.25, 0.3) is 0 Å². The van der Waals surface area contributed by atoms with E-state index < -0.39 is 107 Å². The summed E-state index contributed by atoms with van der Waals surface area (Å²) in [5, 5.41) is 21.3. The maximum atomic E-state index is 14.3. The Kier molecular flexibility index (Phi) is 21.8. The van der Waals surface area contributed by atoms with Crippen LogP contribution < -0.4 is 21.3 Å². The summed E-state index contributed by atoms with van der Waals surface area (Å²) in [7, 11) is 0. The molecule has 8 amide bonds. The second-order valence-electron chi connectivity index (χ2n) is 27.1. The zero-order valence-electron chi connectivity index (χ0n) is 54.0. The van der Waals surface area contributed by atoms with Gasteiger partial charge in [-0.3, -0.25) is 19.2 Å². The van der Waals surface area contributed by atoms with Crippen molar-refractivity contribution in [2.75, 3.05) is 32.8 Å². The van der Waals surface area contributed by atoms with Crippen molar-refractivity contribution in [1.82, 2.24) is 40.9 Å². The molecule has 10 atom stereocenters. The van der Waals surface area contributed by atoms with Gasteiger partial charge in [0, 0.05) is 50.9 Å². The Morgan fingerprint density at radius 2 is 0.947 bits per heavy atom. The van der Waals surface area contributed by atoms with E-state index in [-0.39, 0.29) is 63.0 Å². The molecule has 24 heteroatoms. The molecule has 0 radical (unpaired) electrons. The molecular formula is C70H92N8O16. The lowest BCUT2D eigenvalue weighted by Crippen LogP contribution is -2.56. The first-order valence-corrected chi connectivity index (χ1v) is 34.5. The SMILES string of the molecule is CCOC(=O)[C@@]12C[C@H]1/C=C\CCCCC[C@H](NC(=O)OC1CCCC1)C(=O)N1C[C@H](OC(=O)N3CCc4ccccc4C3)C[C@H]1C(=O)N2.O=C(N[C@H]1CCCCC/C=C\[C@@H]2C[C@@]2(C(=O)O)NC(=O)[C@@H]2C[C@@H](OC(=O)N3CCc4ccccc4C3)CN2C1=O)OC1CCCC1.